The zero-order valence-electron chi connectivity index (χ0n) is 21.0. The monoisotopic (exact) mass is 522 g/mol. The van der Waals surface area contributed by atoms with Crippen LogP contribution in [-0.2, 0) is 17.8 Å². The molecule has 0 fully saturated rings. The first-order valence-corrected chi connectivity index (χ1v) is 12.8. The number of hydrogen-bond acceptors (Lipinski definition) is 3. The first kappa shape index (κ1) is 25.3. The average Bonchev–Trinajstić information content (AvgIpc) is 2.93. The van der Waals surface area contributed by atoms with Gasteiger partial charge in [-0.25, -0.2) is 0 Å². The summed E-state index contributed by atoms with van der Waals surface area (Å²) in [5.41, 5.74) is 5.35. The van der Waals surface area contributed by atoms with Gasteiger partial charge in [0.2, 0.25) is 0 Å². The SMILES string of the molecule is Cc1ccc(CN2C(=O)C(=Cc3ccc(C(=O)NCCc4ccc(Cl)cc4)cc3)Oc3ccccc32)cc1. The second-order valence-corrected chi connectivity index (χ2v) is 9.65. The van der Waals surface area contributed by atoms with Gasteiger partial charge in [0.05, 0.1) is 12.2 Å². The van der Waals surface area contributed by atoms with E-state index in [0.29, 0.717) is 35.8 Å². The third-order valence-electron chi connectivity index (χ3n) is 6.38. The predicted octanol–water partition coefficient (Wildman–Crippen LogP) is 6.59. The molecule has 4 aromatic rings. The Morgan fingerprint density at radius 3 is 2.32 bits per heavy atom. The van der Waals surface area contributed by atoms with Crippen molar-refractivity contribution >= 4 is 35.2 Å². The maximum atomic E-state index is 13.5. The number of nitrogens with one attached hydrogen (secondary N) is 1. The molecule has 5 rings (SSSR count). The van der Waals surface area contributed by atoms with Gasteiger partial charge in [-0.15, -0.1) is 0 Å². The molecule has 1 aliphatic rings. The third-order valence-corrected chi connectivity index (χ3v) is 6.63. The number of benzene rings is 4. The van der Waals surface area contributed by atoms with Crippen LogP contribution in [0.2, 0.25) is 5.02 Å². The first-order chi connectivity index (χ1) is 18.5. The summed E-state index contributed by atoms with van der Waals surface area (Å²) >= 11 is 5.92. The molecule has 0 saturated heterocycles. The van der Waals surface area contributed by atoms with E-state index in [1.165, 1.54) is 5.56 Å². The van der Waals surface area contributed by atoms with Gasteiger partial charge in [0.25, 0.3) is 11.8 Å². The zero-order valence-corrected chi connectivity index (χ0v) is 21.7. The van der Waals surface area contributed by atoms with E-state index >= 15 is 0 Å². The van der Waals surface area contributed by atoms with E-state index < -0.39 is 0 Å². The van der Waals surface area contributed by atoms with Crippen LogP contribution >= 0.6 is 11.6 Å². The molecule has 38 heavy (non-hydrogen) atoms. The van der Waals surface area contributed by atoms with E-state index in [0.717, 1.165) is 22.4 Å². The molecule has 0 aliphatic carbocycles. The van der Waals surface area contributed by atoms with Crippen LogP contribution in [0.1, 0.15) is 32.6 Å². The Bertz CT molecular complexity index is 1480. The van der Waals surface area contributed by atoms with Crippen molar-refractivity contribution in [1.29, 1.82) is 0 Å². The van der Waals surface area contributed by atoms with Crippen molar-refractivity contribution < 1.29 is 14.3 Å². The van der Waals surface area contributed by atoms with Gasteiger partial charge in [0, 0.05) is 17.1 Å². The number of para-hydroxylation sites is 2. The summed E-state index contributed by atoms with van der Waals surface area (Å²) in [4.78, 5) is 27.8. The molecule has 1 N–H and O–H groups in total. The minimum absolute atomic E-state index is 0.152. The molecule has 6 heteroatoms. The normalized spacial score (nSPS) is 13.7. The summed E-state index contributed by atoms with van der Waals surface area (Å²) in [5, 5.41) is 3.63. The fraction of sp³-hybridized carbons (Fsp3) is 0.125. The summed E-state index contributed by atoms with van der Waals surface area (Å²) in [6, 6.07) is 30.4. The Kier molecular flexibility index (Phi) is 7.57. The number of halogens is 1. The Labute approximate surface area is 227 Å². The number of fused-ring (bicyclic) bond motifs is 1. The predicted molar refractivity (Wildman–Crippen MR) is 151 cm³/mol. The van der Waals surface area contributed by atoms with E-state index in [1.807, 2.05) is 91.9 Å². The van der Waals surface area contributed by atoms with Gasteiger partial charge in [0.15, 0.2) is 11.5 Å². The largest absolute Gasteiger partial charge is 0.449 e. The maximum Gasteiger partial charge on any atom is 0.294 e. The number of anilines is 1. The lowest BCUT2D eigenvalue weighted by Gasteiger charge is -2.30. The molecule has 4 aromatic carbocycles. The molecule has 0 spiro atoms. The molecule has 1 aliphatic heterocycles. The lowest BCUT2D eigenvalue weighted by molar-refractivity contribution is -0.117. The van der Waals surface area contributed by atoms with Crippen LogP contribution < -0.4 is 15.0 Å². The van der Waals surface area contributed by atoms with E-state index in [2.05, 4.69) is 5.32 Å². The van der Waals surface area contributed by atoms with Crippen LogP contribution in [0.25, 0.3) is 6.08 Å². The van der Waals surface area contributed by atoms with Gasteiger partial charge in [-0.2, -0.15) is 0 Å². The second kappa shape index (κ2) is 11.4. The molecule has 2 amide bonds. The molecule has 0 unspecified atom stereocenters. The Hall–Kier alpha value is -4.35. The number of hydrogen-bond donors (Lipinski definition) is 1. The number of rotatable bonds is 7. The van der Waals surface area contributed by atoms with Gasteiger partial charge < -0.3 is 10.1 Å². The fourth-order valence-electron chi connectivity index (χ4n) is 4.25. The van der Waals surface area contributed by atoms with Crippen molar-refractivity contribution in [2.24, 2.45) is 0 Å². The van der Waals surface area contributed by atoms with Crippen LogP contribution in [-0.4, -0.2) is 18.4 Å². The number of carbonyl (C=O) groups is 2. The molecule has 190 valence electrons. The van der Waals surface area contributed by atoms with Gasteiger partial charge in [-0.3, -0.25) is 14.5 Å². The number of ether oxygens (including phenoxy) is 1. The van der Waals surface area contributed by atoms with Crippen LogP contribution in [0.15, 0.2) is 103 Å². The quantitative estimate of drug-likeness (QED) is 0.279. The number of carbonyl (C=O) groups excluding carboxylic acids is 2. The summed E-state index contributed by atoms with van der Waals surface area (Å²) in [6.07, 6.45) is 2.43. The molecule has 1 heterocycles. The van der Waals surface area contributed by atoms with E-state index in [1.54, 1.807) is 23.1 Å². The maximum absolute atomic E-state index is 13.5. The Balaban J connectivity index is 1.28. The smallest absolute Gasteiger partial charge is 0.294 e. The van der Waals surface area contributed by atoms with E-state index in [4.69, 9.17) is 16.3 Å². The van der Waals surface area contributed by atoms with Crippen molar-refractivity contribution in [3.8, 4) is 5.75 Å². The standard InChI is InChI=1S/C32H27ClN2O3/c1-22-6-8-25(9-7-22)21-35-28-4-2-3-5-29(28)38-30(32(35)37)20-24-10-14-26(15-11-24)31(36)34-19-18-23-12-16-27(33)17-13-23/h2-17,20H,18-19,21H2,1H3,(H,34,36). The third kappa shape index (κ3) is 5.96. The van der Waals surface area contributed by atoms with Crippen molar-refractivity contribution in [1.82, 2.24) is 5.32 Å². The summed E-state index contributed by atoms with van der Waals surface area (Å²) in [6.45, 7) is 2.99. The highest BCUT2D eigenvalue weighted by Gasteiger charge is 2.30. The molecule has 0 radical (unpaired) electrons. The molecular weight excluding hydrogens is 496 g/mol. The highest BCUT2D eigenvalue weighted by molar-refractivity contribution is 6.30. The number of aryl methyl sites for hydroxylation is 1. The van der Waals surface area contributed by atoms with Crippen LogP contribution in [0.5, 0.6) is 5.75 Å². The Morgan fingerprint density at radius 1 is 0.895 bits per heavy atom. The van der Waals surface area contributed by atoms with E-state index in [-0.39, 0.29) is 17.6 Å². The molecule has 0 aromatic heterocycles. The van der Waals surface area contributed by atoms with Crippen molar-refractivity contribution in [3.05, 3.63) is 136 Å². The van der Waals surface area contributed by atoms with E-state index in [9.17, 15) is 9.59 Å². The highest BCUT2D eigenvalue weighted by Crippen LogP contribution is 2.36. The number of nitrogens with zero attached hydrogens (tertiary/aromatic N) is 1. The van der Waals surface area contributed by atoms with Gasteiger partial charge in [-0.05, 0) is 72.5 Å². The molecule has 0 bridgehead atoms. The van der Waals surface area contributed by atoms with Gasteiger partial charge >= 0.3 is 0 Å². The minimum atomic E-state index is -0.215. The average molecular weight is 523 g/mol. The summed E-state index contributed by atoms with van der Waals surface area (Å²) in [7, 11) is 0. The molecule has 5 nitrogen and oxygen atoms in total. The molecule has 0 saturated carbocycles. The van der Waals surface area contributed by atoms with Crippen molar-refractivity contribution in [2.75, 3.05) is 11.4 Å². The topological polar surface area (TPSA) is 58.6 Å². The van der Waals surface area contributed by atoms with Crippen LogP contribution in [0.4, 0.5) is 5.69 Å². The fourth-order valence-corrected chi connectivity index (χ4v) is 4.38. The molecular formula is C32H27ClN2O3. The van der Waals surface area contributed by atoms with Crippen LogP contribution in [0, 0.1) is 6.92 Å². The first-order valence-electron chi connectivity index (χ1n) is 12.4. The highest BCUT2D eigenvalue weighted by atomic mass is 35.5. The minimum Gasteiger partial charge on any atom is -0.449 e. The number of amides is 2. The van der Waals surface area contributed by atoms with Gasteiger partial charge in [0.1, 0.15) is 0 Å². The summed E-state index contributed by atoms with van der Waals surface area (Å²) < 4.78 is 6.00. The lowest BCUT2D eigenvalue weighted by atomic mass is 10.1. The zero-order chi connectivity index (χ0) is 26.5. The summed E-state index contributed by atoms with van der Waals surface area (Å²) in [5.74, 6) is 0.493. The second-order valence-electron chi connectivity index (χ2n) is 9.21. The molecule has 0 atom stereocenters. The Morgan fingerprint density at radius 2 is 1.58 bits per heavy atom. The lowest BCUT2D eigenvalue weighted by Crippen LogP contribution is -2.36. The van der Waals surface area contributed by atoms with Crippen LogP contribution in [0.3, 0.4) is 0 Å². The van der Waals surface area contributed by atoms with Crippen molar-refractivity contribution in [3.63, 3.8) is 0 Å². The van der Waals surface area contributed by atoms with Gasteiger partial charge in [-0.1, -0.05) is 77.8 Å². The van der Waals surface area contributed by atoms with Crippen molar-refractivity contribution in [2.45, 2.75) is 19.9 Å².